The Kier molecular flexibility index (Phi) is 7.92. The molecule has 4 atom stereocenters. The normalized spacial score (nSPS) is 24.2. The van der Waals surface area contributed by atoms with Gasteiger partial charge in [0.25, 0.3) is 5.91 Å². The Hall–Kier alpha value is -4.82. The lowest BCUT2D eigenvalue weighted by Gasteiger charge is -2.50. The number of primary amides is 1. The summed E-state index contributed by atoms with van der Waals surface area (Å²) in [5, 5.41) is 48.3. The smallest absolute Gasteiger partial charge is 0.412 e. The van der Waals surface area contributed by atoms with E-state index in [2.05, 4.69) is 5.32 Å². The van der Waals surface area contributed by atoms with E-state index in [9.17, 15) is 39.6 Å². The number of aromatic hydroxyl groups is 1. The van der Waals surface area contributed by atoms with Crippen LogP contribution in [0.2, 0.25) is 0 Å². The van der Waals surface area contributed by atoms with Crippen LogP contribution in [0.5, 0.6) is 11.5 Å². The Bertz CT molecular complexity index is 1700. The Morgan fingerprint density at radius 2 is 1.76 bits per heavy atom. The summed E-state index contributed by atoms with van der Waals surface area (Å²) in [7, 11) is 12.2. The molecule has 3 aliphatic carbocycles. The van der Waals surface area contributed by atoms with Crippen molar-refractivity contribution >= 4 is 48.3 Å². The maximum Gasteiger partial charge on any atom is 0.412 e. The van der Waals surface area contributed by atoms with Gasteiger partial charge in [0.2, 0.25) is 5.78 Å². The number of nitrogens with two attached hydrogens (primary N) is 1. The number of likely N-dealkylation sites (N-methyl/N-ethyl adjacent to an activating group) is 1. The van der Waals surface area contributed by atoms with Crippen molar-refractivity contribution in [2.75, 3.05) is 33.1 Å². The van der Waals surface area contributed by atoms with Crippen molar-refractivity contribution in [1.82, 2.24) is 10.2 Å². The number of ketones is 2. The first-order chi connectivity index (χ1) is 21.1. The Morgan fingerprint density at radius 1 is 1.11 bits per heavy atom. The number of phenolic OH excluding ortho intramolecular Hbond substituents is 1. The third-order valence-corrected chi connectivity index (χ3v) is 8.77. The monoisotopic (exact) mass is 616 g/mol. The predicted molar refractivity (Wildman–Crippen MR) is 163 cm³/mol. The summed E-state index contributed by atoms with van der Waals surface area (Å²) in [6.45, 7) is -0.224. The van der Waals surface area contributed by atoms with Crippen molar-refractivity contribution in [3.63, 3.8) is 0 Å². The summed E-state index contributed by atoms with van der Waals surface area (Å²) in [4.78, 5) is 55.2. The zero-order chi connectivity index (χ0) is 33.1. The Labute approximate surface area is 260 Å². The lowest BCUT2D eigenvalue weighted by atomic mass is 9.57. The van der Waals surface area contributed by atoms with Crippen molar-refractivity contribution in [1.29, 1.82) is 0 Å². The van der Waals surface area contributed by atoms with Gasteiger partial charge in [-0.25, -0.2) is 4.79 Å². The van der Waals surface area contributed by atoms with E-state index in [0.717, 1.165) is 0 Å². The summed E-state index contributed by atoms with van der Waals surface area (Å²) in [5.41, 5.74) is 3.15. The fourth-order valence-electron chi connectivity index (χ4n) is 6.73. The molecule has 2 amide bonds. The summed E-state index contributed by atoms with van der Waals surface area (Å²) >= 11 is 0. The van der Waals surface area contributed by atoms with E-state index in [1.165, 1.54) is 31.1 Å². The van der Waals surface area contributed by atoms with Gasteiger partial charge in [0.15, 0.2) is 11.4 Å². The minimum atomic E-state index is -2.74. The van der Waals surface area contributed by atoms with Gasteiger partial charge in [-0.05, 0) is 56.6 Å². The summed E-state index contributed by atoms with van der Waals surface area (Å²) < 4.78 is 5.24. The van der Waals surface area contributed by atoms with Crippen LogP contribution in [0.1, 0.15) is 23.1 Å². The molecule has 3 aliphatic rings. The van der Waals surface area contributed by atoms with Gasteiger partial charge in [-0.3, -0.25) is 19.3 Å². The Balaban J connectivity index is 1.57. The van der Waals surface area contributed by atoms with E-state index in [0.29, 0.717) is 16.7 Å². The molecule has 0 spiro atoms. The van der Waals surface area contributed by atoms with Gasteiger partial charge in [-0.2, -0.15) is 0 Å². The van der Waals surface area contributed by atoms with Gasteiger partial charge in [0.05, 0.1) is 11.6 Å². The number of hydrogen-bond acceptors (Lipinski definition) is 11. The van der Waals surface area contributed by atoms with Crippen molar-refractivity contribution in [3.05, 3.63) is 63.9 Å². The topological polar surface area (TPSA) is 203 Å². The lowest BCUT2D eigenvalue weighted by Crippen LogP contribution is -2.65. The molecule has 0 aromatic heterocycles. The number of benzene rings is 2. The van der Waals surface area contributed by atoms with E-state index in [-0.39, 0.29) is 41.8 Å². The number of nitrogens with zero attached hydrogens (tertiary/aromatic N) is 2. The first-order valence-corrected chi connectivity index (χ1v) is 14.1. The zero-order valence-corrected chi connectivity index (χ0v) is 25.1. The molecule has 2 aromatic rings. The second kappa shape index (κ2) is 11.3. The molecule has 45 heavy (non-hydrogen) atoms. The predicted octanol–water partition coefficient (Wildman–Crippen LogP) is 0.112. The number of aliphatic hydroxyl groups is 3. The molecule has 0 saturated heterocycles. The molecule has 5 rings (SSSR count). The van der Waals surface area contributed by atoms with Crippen LogP contribution in [-0.4, -0.2) is 96.6 Å². The molecule has 234 valence electrons. The van der Waals surface area contributed by atoms with E-state index in [1.54, 1.807) is 37.2 Å². The average Bonchev–Trinajstić information content (AvgIpc) is 2.95. The van der Waals surface area contributed by atoms with Gasteiger partial charge >= 0.3 is 6.09 Å². The molecule has 0 heterocycles. The highest BCUT2D eigenvalue weighted by atomic mass is 16.6. The third-order valence-electron chi connectivity index (χ3n) is 8.77. The summed E-state index contributed by atoms with van der Waals surface area (Å²) in [5.74, 6) is -7.09. The molecule has 1 saturated carbocycles. The molecule has 13 nitrogen and oxygen atoms in total. The number of Topliss-reactive ketones (excluding diaryl/α,β-unsaturated/α-hetero) is 2. The average molecular weight is 616 g/mol. The van der Waals surface area contributed by atoms with E-state index < -0.39 is 69.9 Å². The van der Waals surface area contributed by atoms with Gasteiger partial charge in [-0.15, -0.1) is 0 Å². The minimum Gasteiger partial charge on any atom is -0.508 e. The van der Waals surface area contributed by atoms with Crippen LogP contribution >= 0.6 is 0 Å². The molecule has 1 fully saturated rings. The summed E-state index contributed by atoms with van der Waals surface area (Å²) in [6, 6.07) is 6.61. The lowest BCUT2D eigenvalue weighted by molar-refractivity contribution is -0.153. The van der Waals surface area contributed by atoms with Gasteiger partial charge in [-0.1, -0.05) is 17.6 Å². The van der Waals surface area contributed by atoms with E-state index in [4.69, 9.17) is 18.3 Å². The number of carbonyl (C=O) groups is 4. The van der Waals surface area contributed by atoms with E-state index in [1.807, 2.05) is 0 Å². The molecular weight excluding hydrogens is 583 g/mol. The van der Waals surface area contributed by atoms with Crippen molar-refractivity contribution in [2.24, 2.45) is 17.6 Å². The fraction of sp³-hybridized carbons (Fsp3) is 0.355. The quantitative estimate of drug-likeness (QED) is 0.190. The molecule has 2 aromatic carbocycles. The number of ether oxygens (including phenoxy) is 1. The Morgan fingerprint density at radius 3 is 2.33 bits per heavy atom. The SMILES string of the molecule is [B]c1ccc(OC(=O)NCc2cc(N(C)C)c3c(c2O)C(O)=C2C(=O)[C@]4(O)C(O)=C(C(N)=O)C(=O)[C@@H](N(C)C)C4CC2C3)cc1. The fourth-order valence-corrected chi connectivity index (χ4v) is 6.73. The van der Waals surface area contributed by atoms with Crippen LogP contribution < -0.4 is 26.2 Å². The maximum absolute atomic E-state index is 14.1. The van der Waals surface area contributed by atoms with Crippen molar-refractivity contribution < 1.29 is 44.3 Å². The van der Waals surface area contributed by atoms with Crippen LogP contribution in [0.15, 0.2) is 47.2 Å². The standard InChI is InChI=1S/C31H33BN4O9/c1-35(2)19-11-14(12-34-30(43)45-16-7-5-15(32)6-8-16)24(37)21-17(19)9-13-10-18-23(36(3)4)26(39)22(29(33)42)28(41)31(18,44)27(40)20(13)25(21)38/h5-8,11,13,18,23,37-38,41,44H,9-10,12H2,1-4H3,(H2,33,42)(H,34,43)/t13?,18?,23-,31-/m0/s1. The van der Waals surface area contributed by atoms with Gasteiger partial charge in [0.1, 0.15) is 36.4 Å². The van der Waals surface area contributed by atoms with Crippen LogP contribution in [0.25, 0.3) is 5.76 Å². The highest BCUT2D eigenvalue weighted by molar-refractivity contribution is 6.32. The van der Waals surface area contributed by atoms with Gasteiger partial charge in [0, 0.05) is 43.4 Å². The molecule has 0 bridgehead atoms. The van der Waals surface area contributed by atoms with Crippen LogP contribution in [-0.2, 0) is 27.3 Å². The number of fused-ring (bicyclic) bond motifs is 3. The second-order valence-electron chi connectivity index (χ2n) is 11.9. The minimum absolute atomic E-state index is 0.0281. The van der Waals surface area contributed by atoms with Crippen LogP contribution in [0.4, 0.5) is 10.5 Å². The van der Waals surface area contributed by atoms with Crippen LogP contribution in [0, 0.1) is 11.8 Å². The molecule has 7 N–H and O–H groups in total. The highest BCUT2D eigenvalue weighted by Gasteiger charge is 2.64. The molecular formula is C31H33BN4O9. The molecule has 2 radical (unpaired) electrons. The third kappa shape index (κ3) is 4.99. The number of hydrogen-bond donors (Lipinski definition) is 6. The number of phenols is 1. The van der Waals surface area contributed by atoms with E-state index >= 15 is 0 Å². The van der Waals surface area contributed by atoms with Gasteiger partial charge < -0.3 is 41.1 Å². The number of carbonyl (C=O) groups excluding carboxylic acids is 4. The van der Waals surface area contributed by atoms with Crippen LogP contribution in [0.3, 0.4) is 0 Å². The molecule has 0 aliphatic heterocycles. The highest BCUT2D eigenvalue weighted by Crippen LogP contribution is 2.54. The largest absolute Gasteiger partial charge is 0.508 e. The first kappa shape index (κ1) is 31.6. The number of rotatable bonds is 6. The number of anilines is 1. The second-order valence-corrected chi connectivity index (χ2v) is 11.9. The van der Waals surface area contributed by atoms with Crippen molar-refractivity contribution in [3.8, 4) is 11.5 Å². The summed E-state index contributed by atoms with van der Waals surface area (Å²) in [6.07, 6.45) is -0.723. The number of amides is 2. The number of aliphatic hydroxyl groups excluding tert-OH is 2. The maximum atomic E-state index is 14.1. The van der Waals surface area contributed by atoms with Crippen molar-refractivity contribution in [2.45, 2.75) is 31.0 Å². The molecule has 14 heteroatoms. The first-order valence-electron chi connectivity index (χ1n) is 14.1. The molecule has 2 unspecified atom stereocenters. The zero-order valence-electron chi connectivity index (χ0n) is 25.1. The number of nitrogens with one attached hydrogen (secondary N) is 1.